The maximum absolute atomic E-state index is 13.8. The van der Waals surface area contributed by atoms with Crippen molar-refractivity contribution in [3.05, 3.63) is 34.2 Å². The molecule has 108 valence electrons. The van der Waals surface area contributed by atoms with E-state index in [-0.39, 0.29) is 37.9 Å². The first-order valence-corrected chi connectivity index (χ1v) is 6.85. The van der Waals surface area contributed by atoms with Crippen LogP contribution >= 0.6 is 15.9 Å². The summed E-state index contributed by atoms with van der Waals surface area (Å²) in [4.78, 5) is 16.4. The van der Waals surface area contributed by atoms with Crippen LogP contribution in [0.5, 0.6) is 0 Å². The van der Waals surface area contributed by atoms with Gasteiger partial charge in [-0.05, 0) is 18.2 Å². The van der Waals surface area contributed by atoms with Crippen LogP contribution in [-0.4, -0.2) is 52.3 Å². The number of amides is 1. The second kappa shape index (κ2) is 6.34. The molecule has 2 aromatic rings. The van der Waals surface area contributed by atoms with Gasteiger partial charge in [-0.25, -0.2) is 4.39 Å². The molecule has 0 saturated carbocycles. The lowest BCUT2D eigenvalue weighted by Gasteiger charge is -2.19. The number of halogens is 2. The van der Waals surface area contributed by atoms with Crippen LogP contribution in [-0.2, 0) is 0 Å². The van der Waals surface area contributed by atoms with Crippen molar-refractivity contribution < 1.29 is 19.4 Å². The molecule has 5 nitrogen and oxygen atoms in total. The van der Waals surface area contributed by atoms with E-state index in [1.165, 1.54) is 17.0 Å². The lowest BCUT2D eigenvalue weighted by molar-refractivity contribution is 0.0680. The zero-order valence-electron chi connectivity index (χ0n) is 10.6. The van der Waals surface area contributed by atoms with Crippen molar-refractivity contribution in [2.24, 2.45) is 0 Å². The summed E-state index contributed by atoms with van der Waals surface area (Å²) < 4.78 is 14.3. The minimum absolute atomic E-state index is 0.112. The number of aromatic amines is 1. The second-order valence-electron chi connectivity index (χ2n) is 4.27. The van der Waals surface area contributed by atoms with Gasteiger partial charge in [0.15, 0.2) is 0 Å². The number of hydrogen-bond acceptors (Lipinski definition) is 3. The minimum atomic E-state index is -0.430. The summed E-state index contributed by atoms with van der Waals surface area (Å²) in [5.41, 5.74) is 0.729. The van der Waals surface area contributed by atoms with Gasteiger partial charge < -0.3 is 20.1 Å². The highest BCUT2D eigenvalue weighted by Gasteiger charge is 2.18. The van der Waals surface area contributed by atoms with E-state index < -0.39 is 5.82 Å². The number of aromatic nitrogens is 1. The number of fused-ring (bicyclic) bond motifs is 1. The van der Waals surface area contributed by atoms with Crippen LogP contribution in [0.4, 0.5) is 4.39 Å². The predicted molar refractivity (Wildman–Crippen MR) is 76.0 cm³/mol. The Balaban J connectivity index is 2.36. The fraction of sp³-hybridized carbons (Fsp3) is 0.308. The monoisotopic (exact) mass is 344 g/mol. The molecule has 0 aliphatic rings. The molecular formula is C13H14BrFN2O3. The molecule has 0 aliphatic carbocycles. The third-order valence-electron chi connectivity index (χ3n) is 2.91. The normalized spacial score (nSPS) is 11.0. The Hall–Kier alpha value is -1.44. The standard InChI is InChI=1S/C13H14BrFN2O3/c14-8-5-10(15)9-7-12(16-11(9)6-8)13(20)17(1-3-18)2-4-19/h5-7,16,18-19H,1-4H2. The van der Waals surface area contributed by atoms with Gasteiger partial charge in [-0.15, -0.1) is 0 Å². The average molecular weight is 345 g/mol. The largest absolute Gasteiger partial charge is 0.395 e. The topological polar surface area (TPSA) is 76.6 Å². The van der Waals surface area contributed by atoms with Crippen LogP contribution in [0, 0.1) is 5.82 Å². The van der Waals surface area contributed by atoms with Crippen LogP contribution in [0.3, 0.4) is 0 Å². The van der Waals surface area contributed by atoms with E-state index in [1.807, 2.05) is 0 Å². The number of aliphatic hydroxyl groups excluding tert-OH is 2. The maximum atomic E-state index is 13.8. The molecular weight excluding hydrogens is 331 g/mol. The van der Waals surface area contributed by atoms with Crippen molar-refractivity contribution >= 4 is 32.7 Å². The van der Waals surface area contributed by atoms with Crippen molar-refractivity contribution in [3.63, 3.8) is 0 Å². The van der Waals surface area contributed by atoms with Gasteiger partial charge in [-0.3, -0.25) is 4.79 Å². The van der Waals surface area contributed by atoms with Crippen molar-refractivity contribution in [2.75, 3.05) is 26.3 Å². The van der Waals surface area contributed by atoms with E-state index >= 15 is 0 Å². The van der Waals surface area contributed by atoms with Crippen LogP contribution < -0.4 is 0 Å². The quantitative estimate of drug-likeness (QED) is 0.769. The summed E-state index contributed by atoms with van der Waals surface area (Å²) in [5.74, 6) is -0.819. The summed E-state index contributed by atoms with van der Waals surface area (Å²) >= 11 is 3.19. The molecule has 7 heteroatoms. The molecule has 0 saturated heterocycles. The molecule has 1 amide bonds. The van der Waals surface area contributed by atoms with Crippen LogP contribution in [0.2, 0.25) is 0 Å². The van der Waals surface area contributed by atoms with Gasteiger partial charge in [-0.2, -0.15) is 0 Å². The highest BCUT2D eigenvalue weighted by Crippen LogP contribution is 2.24. The van der Waals surface area contributed by atoms with Gasteiger partial charge in [0, 0.05) is 22.9 Å². The first-order chi connectivity index (χ1) is 9.56. The molecule has 1 aromatic heterocycles. The lowest BCUT2D eigenvalue weighted by atomic mass is 10.2. The van der Waals surface area contributed by atoms with Crippen LogP contribution in [0.25, 0.3) is 10.9 Å². The van der Waals surface area contributed by atoms with Crippen LogP contribution in [0.1, 0.15) is 10.5 Å². The number of nitrogens with one attached hydrogen (secondary N) is 1. The summed E-state index contributed by atoms with van der Waals surface area (Å²) in [6.45, 7) is -0.181. The third-order valence-corrected chi connectivity index (χ3v) is 3.37. The predicted octanol–water partition coefficient (Wildman–Crippen LogP) is 1.50. The zero-order valence-corrected chi connectivity index (χ0v) is 12.2. The number of benzene rings is 1. The van der Waals surface area contributed by atoms with E-state index in [4.69, 9.17) is 10.2 Å². The zero-order chi connectivity index (χ0) is 14.7. The van der Waals surface area contributed by atoms with Gasteiger partial charge in [0.2, 0.25) is 0 Å². The Bertz CT molecular complexity index is 623. The Kier molecular flexibility index (Phi) is 4.74. The molecule has 0 bridgehead atoms. The number of hydrogen-bond donors (Lipinski definition) is 3. The number of carbonyl (C=O) groups is 1. The van der Waals surface area contributed by atoms with Gasteiger partial charge in [0.25, 0.3) is 5.91 Å². The molecule has 3 N–H and O–H groups in total. The Morgan fingerprint density at radius 1 is 1.25 bits per heavy atom. The van der Waals surface area contributed by atoms with Crippen molar-refractivity contribution in [3.8, 4) is 0 Å². The van der Waals surface area contributed by atoms with E-state index in [0.717, 1.165) is 0 Å². The molecule has 2 rings (SSSR count). The highest BCUT2D eigenvalue weighted by molar-refractivity contribution is 9.10. The number of aliphatic hydroxyl groups is 2. The first-order valence-electron chi connectivity index (χ1n) is 6.05. The maximum Gasteiger partial charge on any atom is 0.270 e. The summed E-state index contributed by atoms with van der Waals surface area (Å²) in [6.07, 6.45) is 0. The number of nitrogens with zero attached hydrogens (tertiary/aromatic N) is 1. The van der Waals surface area contributed by atoms with E-state index in [9.17, 15) is 9.18 Å². The third kappa shape index (κ3) is 3.00. The summed E-state index contributed by atoms with van der Waals surface area (Å²) in [7, 11) is 0. The van der Waals surface area contributed by atoms with Gasteiger partial charge in [0.1, 0.15) is 11.5 Å². The number of rotatable bonds is 5. The van der Waals surface area contributed by atoms with Crippen LogP contribution in [0.15, 0.2) is 22.7 Å². The Labute approximate surface area is 123 Å². The molecule has 0 radical (unpaired) electrons. The molecule has 0 unspecified atom stereocenters. The minimum Gasteiger partial charge on any atom is -0.395 e. The molecule has 20 heavy (non-hydrogen) atoms. The summed E-state index contributed by atoms with van der Waals surface area (Å²) in [6, 6.07) is 4.43. The molecule has 0 fully saturated rings. The smallest absolute Gasteiger partial charge is 0.270 e. The average Bonchev–Trinajstić information content (AvgIpc) is 2.81. The molecule has 1 aromatic carbocycles. The van der Waals surface area contributed by atoms with Gasteiger partial charge in [0.05, 0.1) is 18.7 Å². The molecule has 0 atom stereocenters. The fourth-order valence-electron chi connectivity index (χ4n) is 2.00. The van der Waals surface area contributed by atoms with Gasteiger partial charge >= 0.3 is 0 Å². The molecule has 1 heterocycles. The first kappa shape index (κ1) is 15.0. The van der Waals surface area contributed by atoms with Crippen molar-refractivity contribution in [1.29, 1.82) is 0 Å². The van der Waals surface area contributed by atoms with E-state index in [2.05, 4.69) is 20.9 Å². The van der Waals surface area contributed by atoms with Gasteiger partial charge in [-0.1, -0.05) is 15.9 Å². The Morgan fingerprint density at radius 3 is 2.50 bits per heavy atom. The molecule has 0 spiro atoms. The second-order valence-corrected chi connectivity index (χ2v) is 5.19. The van der Waals surface area contributed by atoms with E-state index in [0.29, 0.717) is 15.4 Å². The fourth-order valence-corrected chi connectivity index (χ4v) is 2.43. The van der Waals surface area contributed by atoms with E-state index in [1.54, 1.807) is 6.07 Å². The highest BCUT2D eigenvalue weighted by atomic mass is 79.9. The lowest BCUT2D eigenvalue weighted by Crippen LogP contribution is -2.36. The number of H-pyrrole nitrogens is 1. The van der Waals surface area contributed by atoms with Crippen molar-refractivity contribution in [1.82, 2.24) is 9.88 Å². The molecule has 0 aliphatic heterocycles. The SMILES string of the molecule is O=C(c1cc2c(F)cc(Br)cc2[nH]1)N(CCO)CCO. The Morgan fingerprint density at radius 2 is 1.90 bits per heavy atom. The summed E-state index contributed by atoms with van der Waals surface area (Å²) in [5, 5.41) is 18.2. The van der Waals surface area contributed by atoms with Crippen molar-refractivity contribution in [2.45, 2.75) is 0 Å². The number of carbonyl (C=O) groups excluding carboxylic acids is 1.